The van der Waals surface area contributed by atoms with Crippen LogP contribution in [0.25, 0.3) is 0 Å². The maximum Gasteiger partial charge on any atom is 0.123 e. The van der Waals surface area contributed by atoms with Gasteiger partial charge in [-0.1, -0.05) is 23.7 Å². The van der Waals surface area contributed by atoms with Crippen LogP contribution in [0, 0.1) is 12.7 Å². The van der Waals surface area contributed by atoms with E-state index >= 15 is 0 Å². The lowest BCUT2D eigenvalue weighted by Crippen LogP contribution is -2.41. The van der Waals surface area contributed by atoms with Gasteiger partial charge in [0.1, 0.15) is 5.82 Å². The average molecular weight is 296 g/mol. The monoisotopic (exact) mass is 295 g/mol. The molecule has 0 saturated carbocycles. The summed E-state index contributed by atoms with van der Waals surface area (Å²) in [7, 11) is 1.85. The van der Waals surface area contributed by atoms with Crippen LogP contribution in [0.5, 0.6) is 0 Å². The Morgan fingerprint density at radius 2 is 2.10 bits per heavy atom. The fraction of sp³-hybridized carbons (Fsp3) is 0.400. The second-order valence-corrected chi connectivity index (χ2v) is 5.99. The Balaban J connectivity index is 2.18. The van der Waals surface area contributed by atoms with Crippen LogP contribution in [0.2, 0.25) is 5.02 Å². The van der Waals surface area contributed by atoms with Crippen molar-refractivity contribution in [2.24, 2.45) is 12.8 Å². The maximum absolute atomic E-state index is 13.2. The van der Waals surface area contributed by atoms with Crippen molar-refractivity contribution in [2.45, 2.75) is 32.2 Å². The molecule has 0 saturated heterocycles. The largest absolute Gasteiger partial charge is 0.325 e. The van der Waals surface area contributed by atoms with Crippen molar-refractivity contribution in [3.8, 4) is 0 Å². The molecule has 5 heteroatoms. The summed E-state index contributed by atoms with van der Waals surface area (Å²) in [6, 6.07) is 6.52. The predicted molar refractivity (Wildman–Crippen MR) is 79.4 cm³/mol. The number of nitrogens with two attached hydrogens (primary N) is 1. The highest BCUT2D eigenvalue weighted by Gasteiger charge is 2.24. The Labute approximate surface area is 123 Å². The normalized spacial score (nSPS) is 14.3. The van der Waals surface area contributed by atoms with Crippen molar-refractivity contribution in [1.29, 1.82) is 0 Å². The van der Waals surface area contributed by atoms with E-state index in [1.165, 1.54) is 12.1 Å². The number of aromatic nitrogens is 2. The molecule has 20 heavy (non-hydrogen) atoms. The molecular weight excluding hydrogens is 277 g/mol. The van der Waals surface area contributed by atoms with Crippen molar-refractivity contribution in [2.75, 3.05) is 0 Å². The minimum Gasteiger partial charge on any atom is -0.325 e. The molecule has 2 N–H and O–H groups in total. The summed E-state index contributed by atoms with van der Waals surface area (Å²) >= 11 is 6.25. The molecule has 1 aromatic carbocycles. The first-order valence-electron chi connectivity index (χ1n) is 6.50. The number of nitrogens with zero attached hydrogens (tertiary/aromatic N) is 2. The van der Waals surface area contributed by atoms with Crippen LogP contribution in [0.15, 0.2) is 24.3 Å². The van der Waals surface area contributed by atoms with E-state index in [0.717, 1.165) is 17.0 Å². The van der Waals surface area contributed by atoms with Crippen LogP contribution < -0.4 is 5.73 Å². The molecular formula is C15H19ClFN3. The molecule has 0 radical (unpaired) electrons. The van der Waals surface area contributed by atoms with E-state index < -0.39 is 5.54 Å². The van der Waals surface area contributed by atoms with Gasteiger partial charge in [0.05, 0.1) is 16.4 Å². The van der Waals surface area contributed by atoms with E-state index in [1.54, 1.807) is 10.7 Å². The van der Waals surface area contributed by atoms with Crippen LogP contribution in [-0.4, -0.2) is 15.3 Å². The highest BCUT2D eigenvalue weighted by Crippen LogP contribution is 2.24. The predicted octanol–water partition coefficient (Wildman–Crippen LogP) is 3.02. The van der Waals surface area contributed by atoms with Crippen molar-refractivity contribution < 1.29 is 4.39 Å². The second kappa shape index (κ2) is 5.54. The van der Waals surface area contributed by atoms with Gasteiger partial charge in [-0.3, -0.25) is 4.68 Å². The number of rotatable bonds is 4. The third-order valence-corrected chi connectivity index (χ3v) is 3.82. The van der Waals surface area contributed by atoms with E-state index in [9.17, 15) is 4.39 Å². The first kappa shape index (κ1) is 15.0. The molecule has 108 valence electrons. The zero-order valence-corrected chi connectivity index (χ0v) is 12.7. The van der Waals surface area contributed by atoms with Gasteiger partial charge in [0, 0.05) is 19.0 Å². The second-order valence-electron chi connectivity index (χ2n) is 5.61. The fourth-order valence-electron chi connectivity index (χ4n) is 2.43. The minimum absolute atomic E-state index is 0.243. The smallest absolute Gasteiger partial charge is 0.123 e. The van der Waals surface area contributed by atoms with Crippen LogP contribution in [-0.2, 0) is 19.9 Å². The highest BCUT2D eigenvalue weighted by atomic mass is 35.5. The summed E-state index contributed by atoms with van der Waals surface area (Å²) in [6.45, 7) is 3.81. The van der Waals surface area contributed by atoms with Gasteiger partial charge in [-0.05, 0) is 38.0 Å². The van der Waals surface area contributed by atoms with E-state index in [4.69, 9.17) is 17.3 Å². The number of halogens is 2. The lowest BCUT2D eigenvalue weighted by atomic mass is 9.89. The van der Waals surface area contributed by atoms with Crippen LogP contribution >= 0.6 is 11.6 Å². The Morgan fingerprint density at radius 3 is 2.65 bits per heavy atom. The summed E-state index contributed by atoms with van der Waals surface area (Å²) in [5.74, 6) is -0.243. The summed E-state index contributed by atoms with van der Waals surface area (Å²) < 4.78 is 15.0. The first-order chi connectivity index (χ1) is 9.28. The quantitative estimate of drug-likeness (QED) is 0.942. The lowest BCUT2D eigenvalue weighted by molar-refractivity contribution is 0.446. The van der Waals surface area contributed by atoms with Crippen LogP contribution in [0.1, 0.15) is 23.9 Å². The van der Waals surface area contributed by atoms with Crippen molar-refractivity contribution in [1.82, 2.24) is 9.78 Å². The van der Waals surface area contributed by atoms with Gasteiger partial charge in [0.25, 0.3) is 0 Å². The molecule has 0 spiro atoms. The molecule has 0 aliphatic carbocycles. The number of hydrogen-bond acceptors (Lipinski definition) is 2. The Hall–Kier alpha value is -1.39. The SMILES string of the molecule is Cc1nn(C)c(CC(C)(N)Cc2cccc(F)c2)c1Cl. The minimum atomic E-state index is -0.516. The Kier molecular flexibility index (Phi) is 4.16. The Bertz CT molecular complexity index is 620. The number of aryl methyl sites for hydroxylation is 2. The molecule has 2 aromatic rings. The highest BCUT2D eigenvalue weighted by molar-refractivity contribution is 6.31. The van der Waals surface area contributed by atoms with Gasteiger partial charge in [0.2, 0.25) is 0 Å². The van der Waals surface area contributed by atoms with Crippen LogP contribution in [0.4, 0.5) is 4.39 Å². The molecule has 2 rings (SSSR count). The summed E-state index contributed by atoms with van der Waals surface area (Å²) in [5, 5.41) is 4.94. The van der Waals surface area contributed by atoms with Gasteiger partial charge >= 0.3 is 0 Å². The molecule has 0 aliphatic heterocycles. The van der Waals surface area contributed by atoms with E-state index in [1.807, 2.05) is 27.0 Å². The van der Waals surface area contributed by atoms with Gasteiger partial charge in [-0.2, -0.15) is 5.10 Å². The number of benzene rings is 1. The molecule has 1 aromatic heterocycles. The molecule has 3 nitrogen and oxygen atoms in total. The summed E-state index contributed by atoms with van der Waals surface area (Å²) in [4.78, 5) is 0. The molecule has 1 heterocycles. The van der Waals surface area contributed by atoms with Crippen molar-refractivity contribution >= 4 is 11.6 Å². The van der Waals surface area contributed by atoms with E-state index in [-0.39, 0.29) is 5.82 Å². The van der Waals surface area contributed by atoms with Gasteiger partial charge in [0.15, 0.2) is 0 Å². The molecule has 0 amide bonds. The first-order valence-corrected chi connectivity index (χ1v) is 6.87. The third kappa shape index (κ3) is 3.38. The molecule has 0 fully saturated rings. The molecule has 0 bridgehead atoms. The fourth-order valence-corrected chi connectivity index (χ4v) is 2.66. The summed E-state index contributed by atoms with van der Waals surface area (Å²) in [5.41, 5.74) is 8.42. The zero-order chi connectivity index (χ0) is 14.9. The molecule has 0 aliphatic rings. The summed E-state index contributed by atoms with van der Waals surface area (Å²) in [6.07, 6.45) is 1.16. The molecule has 1 unspecified atom stereocenters. The Morgan fingerprint density at radius 1 is 1.40 bits per heavy atom. The average Bonchev–Trinajstić information content (AvgIpc) is 2.55. The third-order valence-electron chi connectivity index (χ3n) is 3.33. The number of hydrogen-bond donors (Lipinski definition) is 1. The standard InChI is InChI=1S/C15H19ClFN3/c1-10-14(16)13(20(3)19-10)9-15(2,18)8-11-5-4-6-12(17)7-11/h4-7H,8-9,18H2,1-3H3. The maximum atomic E-state index is 13.2. The molecule has 1 atom stereocenters. The van der Waals surface area contributed by atoms with Gasteiger partial charge in [-0.15, -0.1) is 0 Å². The van der Waals surface area contributed by atoms with Gasteiger partial charge < -0.3 is 5.73 Å². The lowest BCUT2D eigenvalue weighted by Gasteiger charge is -2.25. The van der Waals surface area contributed by atoms with E-state index in [2.05, 4.69) is 5.10 Å². The van der Waals surface area contributed by atoms with Crippen LogP contribution in [0.3, 0.4) is 0 Å². The van der Waals surface area contributed by atoms with Crippen molar-refractivity contribution in [3.63, 3.8) is 0 Å². The topological polar surface area (TPSA) is 43.8 Å². The van der Waals surface area contributed by atoms with Gasteiger partial charge in [-0.25, -0.2) is 4.39 Å². The van der Waals surface area contributed by atoms with Crippen molar-refractivity contribution in [3.05, 3.63) is 52.1 Å². The van der Waals surface area contributed by atoms with E-state index in [0.29, 0.717) is 17.9 Å². The zero-order valence-electron chi connectivity index (χ0n) is 12.0.